The number of nitriles is 1. The van der Waals surface area contributed by atoms with Gasteiger partial charge in [-0.05, 0) is 103 Å². The van der Waals surface area contributed by atoms with Crippen molar-refractivity contribution < 1.29 is 24.3 Å². The number of hydrogen-bond acceptors (Lipinski definition) is 11. The molecule has 2 aromatic heterocycles. The Balaban J connectivity index is 0.000000179. The summed E-state index contributed by atoms with van der Waals surface area (Å²) >= 11 is 0. The normalized spacial score (nSPS) is 16.6. The molecule has 15 nitrogen and oxygen atoms in total. The topological polar surface area (TPSA) is 178 Å². The molecule has 3 N–H and O–H groups in total. The van der Waals surface area contributed by atoms with Crippen molar-refractivity contribution in [2.24, 2.45) is 0 Å². The van der Waals surface area contributed by atoms with Gasteiger partial charge in [-0.3, -0.25) is 43.8 Å². The molecule has 3 aliphatic heterocycles. The van der Waals surface area contributed by atoms with Gasteiger partial charge in [0, 0.05) is 110 Å². The van der Waals surface area contributed by atoms with Crippen LogP contribution < -0.4 is 10.6 Å². The number of amides is 4. The van der Waals surface area contributed by atoms with E-state index in [1.165, 1.54) is 59.8 Å². The molecule has 0 spiro atoms. The SMILES string of the molecule is CCc1ccc(CN2CCN(C(=O)c3ccc(C(=O)NC4CCCCC4)nc3)CC2)cc1.N#Cc1ccc(O)cc1.O=C(NC1CCN(Cc2ccccc2)CC1)c1ccc(C(=O)N2CCN(Cc3ccccc3)CC2)cn1. The molecule has 1 aliphatic carbocycles. The molecule has 0 radical (unpaired) electrons. The van der Waals surface area contributed by atoms with E-state index in [1.807, 2.05) is 28.0 Å². The van der Waals surface area contributed by atoms with E-state index in [0.717, 1.165) is 91.0 Å². The molecule has 5 heterocycles. The fraction of sp³-hybridized carbons (Fsp3) is 0.381. The second kappa shape index (κ2) is 29.1. The van der Waals surface area contributed by atoms with Crippen molar-refractivity contribution in [3.05, 3.63) is 196 Å². The van der Waals surface area contributed by atoms with Crippen LogP contribution in [0.3, 0.4) is 0 Å². The molecule has 3 saturated heterocycles. The summed E-state index contributed by atoms with van der Waals surface area (Å²) in [5.41, 5.74) is 7.65. The van der Waals surface area contributed by atoms with Crippen LogP contribution in [0.5, 0.6) is 5.75 Å². The van der Waals surface area contributed by atoms with E-state index >= 15 is 0 Å². The number of aromatic hydroxyl groups is 1. The molecular formula is C63H74N10O5. The molecule has 78 heavy (non-hydrogen) atoms. The summed E-state index contributed by atoms with van der Waals surface area (Å²) < 4.78 is 0. The Morgan fingerprint density at radius 3 is 1.32 bits per heavy atom. The number of aromatic nitrogens is 2. The summed E-state index contributed by atoms with van der Waals surface area (Å²) in [5, 5.41) is 23.2. The second-order valence-corrected chi connectivity index (χ2v) is 20.6. The van der Waals surface area contributed by atoms with E-state index < -0.39 is 0 Å². The Morgan fingerprint density at radius 1 is 0.500 bits per heavy atom. The van der Waals surface area contributed by atoms with Crippen LogP contribution in [0.2, 0.25) is 0 Å². The smallest absolute Gasteiger partial charge is 0.270 e. The van der Waals surface area contributed by atoms with Gasteiger partial charge < -0.3 is 25.5 Å². The van der Waals surface area contributed by atoms with E-state index in [0.29, 0.717) is 54.3 Å². The first kappa shape index (κ1) is 56.4. The molecule has 4 amide bonds. The van der Waals surface area contributed by atoms with E-state index in [-0.39, 0.29) is 41.5 Å². The first-order chi connectivity index (χ1) is 38.1. The highest BCUT2D eigenvalue weighted by atomic mass is 16.3. The average molecular weight is 1050 g/mol. The third kappa shape index (κ3) is 17.1. The number of phenols is 1. The van der Waals surface area contributed by atoms with Gasteiger partial charge in [0.1, 0.15) is 17.1 Å². The van der Waals surface area contributed by atoms with Crippen LogP contribution in [0.1, 0.15) is 121 Å². The number of hydrogen-bond donors (Lipinski definition) is 3. The lowest BCUT2D eigenvalue weighted by atomic mass is 9.95. The van der Waals surface area contributed by atoms with Crippen molar-refractivity contribution in [2.45, 2.75) is 90.0 Å². The maximum atomic E-state index is 13.0. The van der Waals surface area contributed by atoms with E-state index in [2.05, 4.69) is 115 Å². The Labute approximate surface area is 459 Å². The molecule has 10 rings (SSSR count). The minimum Gasteiger partial charge on any atom is -0.508 e. The highest BCUT2D eigenvalue weighted by Crippen LogP contribution is 2.20. The van der Waals surface area contributed by atoms with Crippen molar-refractivity contribution in [1.82, 2.24) is 45.1 Å². The van der Waals surface area contributed by atoms with Crippen molar-refractivity contribution >= 4 is 23.6 Å². The molecular weight excluding hydrogens is 977 g/mol. The number of nitrogens with zero attached hydrogens (tertiary/aromatic N) is 8. The van der Waals surface area contributed by atoms with Gasteiger partial charge in [0.2, 0.25) is 0 Å². The zero-order chi connectivity index (χ0) is 54.5. The summed E-state index contributed by atoms with van der Waals surface area (Å²) in [6.07, 6.45) is 11.7. The van der Waals surface area contributed by atoms with Gasteiger partial charge in [-0.2, -0.15) is 5.26 Å². The molecule has 1 saturated carbocycles. The predicted octanol–water partition coefficient (Wildman–Crippen LogP) is 8.36. The lowest BCUT2D eigenvalue weighted by molar-refractivity contribution is 0.0621. The van der Waals surface area contributed by atoms with Crippen molar-refractivity contribution in [3.63, 3.8) is 0 Å². The predicted molar refractivity (Wildman–Crippen MR) is 302 cm³/mol. The fourth-order valence-electron chi connectivity index (χ4n) is 10.3. The molecule has 4 fully saturated rings. The third-order valence-corrected chi connectivity index (χ3v) is 15.0. The zero-order valence-corrected chi connectivity index (χ0v) is 45.0. The van der Waals surface area contributed by atoms with Gasteiger partial charge in [0.05, 0.1) is 22.8 Å². The summed E-state index contributed by atoms with van der Waals surface area (Å²) in [5.74, 6) is -0.159. The van der Waals surface area contributed by atoms with Gasteiger partial charge in [0.25, 0.3) is 23.6 Å². The summed E-state index contributed by atoms with van der Waals surface area (Å²) in [4.78, 5) is 70.6. The molecule has 15 heteroatoms. The Kier molecular flexibility index (Phi) is 21.1. The minimum absolute atomic E-state index is 0.0105. The second-order valence-electron chi connectivity index (χ2n) is 20.6. The number of likely N-dealkylation sites (tertiary alicyclic amines) is 1. The fourth-order valence-corrected chi connectivity index (χ4v) is 10.3. The van der Waals surface area contributed by atoms with Gasteiger partial charge in [-0.15, -0.1) is 0 Å². The van der Waals surface area contributed by atoms with E-state index in [9.17, 15) is 19.2 Å². The molecule has 6 aromatic rings. The number of carbonyl (C=O) groups excluding carboxylic acids is 4. The first-order valence-electron chi connectivity index (χ1n) is 27.7. The van der Waals surface area contributed by atoms with Crippen LogP contribution in [0.4, 0.5) is 0 Å². The number of aryl methyl sites for hydroxylation is 1. The average Bonchev–Trinajstić information content (AvgIpc) is 3.49. The number of benzene rings is 4. The van der Waals surface area contributed by atoms with E-state index in [4.69, 9.17) is 10.4 Å². The number of piperazine rings is 2. The Hall–Kier alpha value is -7.77. The van der Waals surface area contributed by atoms with Crippen molar-refractivity contribution in [1.29, 1.82) is 5.26 Å². The van der Waals surface area contributed by atoms with Crippen LogP contribution in [0.15, 0.2) is 146 Å². The Bertz CT molecular complexity index is 2850. The monoisotopic (exact) mass is 1050 g/mol. The standard InChI is InChI=1S/C30H35N5O2.C26H34N4O2.C7H5NO/c36-29(32-27-13-15-33(16-14-27)22-24-7-3-1-4-8-24)28-12-11-26(21-31-28)30(37)35-19-17-34(18-20-35)23-25-9-5-2-6-10-25;1-2-20-8-10-21(11-9-20)19-29-14-16-30(17-15-29)26(32)22-12-13-24(27-18-22)25(31)28-23-6-4-3-5-7-23;8-5-6-1-3-7(9)4-2-6/h1-12,21,27H,13-20,22-23H2,(H,32,36);8-13,18,23H,2-7,14-17,19H2,1H3,(H,28,31);1-4,9H. The van der Waals surface area contributed by atoms with Crippen LogP contribution in [0.25, 0.3) is 0 Å². The van der Waals surface area contributed by atoms with Gasteiger partial charge in [0.15, 0.2) is 0 Å². The summed E-state index contributed by atoms with van der Waals surface area (Å²) in [6, 6.07) is 44.9. The number of pyridine rings is 2. The summed E-state index contributed by atoms with van der Waals surface area (Å²) in [7, 11) is 0. The van der Waals surface area contributed by atoms with Crippen LogP contribution in [-0.2, 0) is 26.1 Å². The highest BCUT2D eigenvalue weighted by molar-refractivity contribution is 5.97. The quantitative estimate of drug-likeness (QED) is 0.101. The summed E-state index contributed by atoms with van der Waals surface area (Å²) in [6.45, 7) is 13.0. The van der Waals surface area contributed by atoms with Gasteiger partial charge in [-0.1, -0.05) is 111 Å². The number of phenolic OH excluding ortho intramolecular Hbond substituents is 1. The van der Waals surface area contributed by atoms with Crippen LogP contribution >= 0.6 is 0 Å². The largest absolute Gasteiger partial charge is 0.508 e. The molecule has 0 atom stereocenters. The Morgan fingerprint density at radius 2 is 0.910 bits per heavy atom. The number of carbonyl (C=O) groups is 4. The lowest BCUT2D eigenvalue weighted by Crippen LogP contribution is -2.48. The molecule has 406 valence electrons. The molecule has 0 unspecified atom stereocenters. The lowest BCUT2D eigenvalue weighted by Gasteiger charge is -2.34. The highest BCUT2D eigenvalue weighted by Gasteiger charge is 2.26. The minimum atomic E-state index is -0.171. The van der Waals surface area contributed by atoms with Crippen LogP contribution in [0, 0.1) is 11.3 Å². The number of rotatable bonds is 13. The first-order valence-corrected chi connectivity index (χ1v) is 27.7. The zero-order valence-electron chi connectivity index (χ0n) is 45.0. The van der Waals surface area contributed by atoms with Crippen molar-refractivity contribution in [2.75, 3.05) is 65.4 Å². The molecule has 4 aromatic carbocycles. The van der Waals surface area contributed by atoms with E-state index in [1.54, 1.807) is 42.6 Å². The molecule has 0 bridgehead atoms. The van der Waals surface area contributed by atoms with Crippen LogP contribution in [-0.4, -0.2) is 141 Å². The molecule has 4 aliphatic rings. The number of piperidine rings is 1. The maximum absolute atomic E-state index is 13.0. The van der Waals surface area contributed by atoms with Crippen molar-refractivity contribution in [3.8, 4) is 11.8 Å². The van der Waals surface area contributed by atoms with Gasteiger partial charge >= 0.3 is 0 Å². The van der Waals surface area contributed by atoms with Gasteiger partial charge in [-0.25, -0.2) is 0 Å². The number of nitrogens with one attached hydrogen (secondary N) is 2. The maximum Gasteiger partial charge on any atom is 0.270 e. The third-order valence-electron chi connectivity index (χ3n) is 15.0.